The maximum absolute atomic E-state index is 5.93. The first-order chi connectivity index (χ1) is 7.40. The summed E-state index contributed by atoms with van der Waals surface area (Å²) in [5, 5.41) is 3.57. The van der Waals surface area contributed by atoms with E-state index < -0.39 is 0 Å². The van der Waals surface area contributed by atoms with Crippen molar-refractivity contribution in [1.29, 1.82) is 0 Å². The average molecular weight is 225 g/mol. The molecule has 1 aromatic heterocycles. The Bertz CT molecular complexity index is 289. The van der Waals surface area contributed by atoms with Gasteiger partial charge >= 0.3 is 0 Å². The number of rotatable bonds is 4. The van der Waals surface area contributed by atoms with Crippen LogP contribution in [0.5, 0.6) is 0 Å². The lowest BCUT2D eigenvalue weighted by Crippen LogP contribution is -2.32. The molecule has 1 aromatic rings. The Morgan fingerprint density at radius 3 is 3.13 bits per heavy atom. The van der Waals surface area contributed by atoms with E-state index in [0.717, 1.165) is 12.4 Å². The normalized spacial score (nSPS) is 25.7. The number of halogens is 1. The second kappa shape index (κ2) is 5.47. The zero-order valence-electron chi connectivity index (χ0n) is 8.82. The first-order valence-corrected chi connectivity index (χ1v) is 6.12. The third-order valence-electron chi connectivity index (χ3n) is 3.15. The highest BCUT2D eigenvalue weighted by atomic mass is 35.5. The number of nitrogens with one attached hydrogen (secondary N) is 1. The van der Waals surface area contributed by atoms with Gasteiger partial charge in [-0.15, -0.1) is 11.6 Å². The molecule has 3 heteroatoms. The largest absolute Gasteiger partial charge is 0.310 e. The lowest BCUT2D eigenvalue weighted by molar-refractivity contribution is 0.429. The maximum Gasteiger partial charge on any atom is 0.0312 e. The van der Waals surface area contributed by atoms with Crippen molar-refractivity contribution >= 4 is 11.6 Å². The molecule has 1 heterocycles. The quantitative estimate of drug-likeness (QED) is 0.796. The number of hydrogen-bond donors (Lipinski definition) is 1. The fraction of sp³-hybridized carbons (Fsp3) is 0.583. The van der Waals surface area contributed by atoms with Gasteiger partial charge in [-0.1, -0.05) is 12.5 Å². The fourth-order valence-corrected chi connectivity index (χ4v) is 2.61. The second-order valence-electron chi connectivity index (χ2n) is 4.19. The summed E-state index contributed by atoms with van der Waals surface area (Å²) in [6.07, 6.45) is 7.56. The third-order valence-corrected chi connectivity index (χ3v) is 3.54. The summed E-state index contributed by atoms with van der Waals surface area (Å²) in [7, 11) is 0. The van der Waals surface area contributed by atoms with Crippen LogP contribution in [0.4, 0.5) is 0 Å². The second-order valence-corrected chi connectivity index (χ2v) is 4.50. The minimum absolute atomic E-state index is 0.600. The fourth-order valence-electron chi connectivity index (χ4n) is 2.24. The summed E-state index contributed by atoms with van der Waals surface area (Å²) >= 11 is 5.93. The molecule has 0 amide bonds. The molecular formula is C12H17ClN2. The molecule has 0 saturated heterocycles. The van der Waals surface area contributed by atoms with Gasteiger partial charge in [-0.3, -0.25) is 4.98 Å². The summed E-state index contributed by atoms with van der Waals surface area (Å²) in [5.74, 6) is 1.44. The molecule has 2 unspecified atom stereocenters. The highest BCUT2D eigenvalue weighted by Gasteiger charge is 2.25. The summed E-state index contributed by atoms with van der Waals surface area (Å²) in [4.78, 5) is 4.10. The Labute approximate surface area is 96.1 Å². The van der Waals surface area contributed by atoms with Crippen LogP contribution in [0.1, 0.15) is 24.8 Å². The molecular weight excluding hydrogens is 208 g/mol. The molecule has 1 aliphatic rings. The van der Waals surface area contributed by atoms with Crippen LogP contribution in [0.25, 0.3) is 0 Å². The predicted molar refractivity (Wildman–Crippen MR) is 62.9 cm³/mol. The number of hydrogen-bond acceptors (Lipinski definition) is 2. The van der Waals surface area contributed by atoms with Gasteiger partial charge in [0.25, 0.3) is 0 Å². The van der Waals surface area contributed by atoms with Crippen LogP contribution >= 0.6 is 11.6 Å². The Morgan fingerprint density at radius 1 is 1.47 bits per heavy atom. The Morgan fingerprint density at radius 2 is 2.40 bits per heavy atom. The van der Waals surface area contributed by atoms with Crippen molar-refractivity contribution in [2.75, 3.05) is 5.88 Å². The van der Waals surface area contributed by atoms with Crippen LogP contribution in [0, 0.1) is 5.92 Å². The zero-order chi connectivity index (χ0) is 10.5. The molecule has 2 rings (SSSR count). The van der Waals surface area contributed by atoms with E-state index in [0.29, 0.717) is 12.0 Å². The lowest BCUT2D eigenvalue weighted by Gasteiger charge is -2.18. The van der Waals surface area contributed by atoms with E-state index in [4.69, 9.17) is 11.6 Å². The van der Waals surface area contributed by atoms with Gasteiger partial charge in [0.2, 0.25) is 0 Å². The van der Waals surface area contributed by atoms with E-state index in [1.54, 1.807) is 6.20 Å². The molecule has 0 aliphatic heterocycles. The van der Waals surface area contributed by atoms with Gasteiger partial charge in [-0.25, -0.2) is 0 Å². The van der Waals surface area contributed by atoms with E-state index >= 15 is 0 Å². The van der Waals surface area contributed by atoms with E-state index in [2.05, 4.69) is 16.4 Å². The summed E-state index contributed by atoms with van der Waals surface area (Å²) in [6, 6.07) is 4.68. The average Bonchev–Trinajstić information content (AvgIpc) is 2.75. The molecule has 15 heavy (non-hydrogen) atoms. The topological polar surface area (TPSA) is 24.9 Å². The zero-order valence-corrected chi connectivity index (χ0v) is 9.58. The lowest BCUT2D eigenvalue weighted by atomic mass is 10.1. The van der Waals surface area contributed by atoms with Crippen LogP contribution in [-0.2, 0) is 6.54 Å². The molecule has 1 fully saturated rings. The number of alkyl halides is 1. The molecule has 2 nitrogen and oxygen atoms in total. The molecule has 1 N–H and O–H groups in total. The molecule has 0 aromatic carbocycles. The SMILES string of the molecule is ClCC1CCCC1NCc1cccnc1. The Balaban J connectivity index is 1.83. The number of aromatic nitrogens is 1. The Hall–Kier alpha value is -0.600. The van der Waals surface area contributed by atoms with Gasteiger partial charge < -0.3 is 5.32 Å². The van der Waals surface area contributed by atoms with Gasteiger partial charge in [0.05, 0.1) is 0 Å². The van der Waals surface area contributed by atoms with Crippen LogP contribution in [-0.4, -0.2) is 16.9 Å². The minimum Gasteiger partial charge on any atom is -0.310 e. The minimum atomic E-state index is 0.600. The Kier molecular flexibility index (Phi) is 3.98. The predicted octanol–water partition coefficient (Wildman–Crippen LogP) is 2.58. The third kappa shape index (κ3) is 2.93. The molecule has 0 bridgehead atoms. The van der Waals surface area contributed by atoms with Crippen molar-refractivity contribution in [1.82, 2.24) is 10.3 Å². The van der Waals surface area contributed by atoms with Gasteiger partial charge in [0, 0.05) is 30.9 Å². The number of pyridine rings is 1. The van der Waals surface area contributed by atoms with Crippen LogP contribution < -0.4 is 5.32 Å². The van der Waals surface area contributed by atoms with Crippen molar-refractivity contribution in [2.24, 2.45) is 5.92 Å². The van der Waals surface area contributed by atoms with E-state index in [1.807, 2.05) is 12.3 Å². The van der Waals surface area contributed by atoms with Crippen molar-refractivity contribution in [3.05, 3.63) is 30.1 Å². The van der Waals surface area contributed by atoms with Gasteiger partial charge in [0.15, 0.2) is 0 Å². The summed E-state index contributed by atoms with van der Waals surface area (Å²) in [6.45, 7) is 0.909. The molecule has 0 radical (unpaired) electrons. The first kappa shape index (κ1) is 10.9. The van der Waals surface area contributed by atoms with Crippen molar-refractivity contribution in [3.63, 3.8) is 0 Å². The van der Waals surface area contributed by atoms with Crippen LogP contribution in [0.3, 0.4) is 0 Å². The molecule has 0 spiro atoms. The number of nitrogens with zero attached hydrogens (tertiary/aromatic N) is 1. The molecule has 1 saturated carbocycles. The van der Waals surface area contributed by atoms with Crippen LogP contribution in [0.15, 0.2) is 24.5 Å². The van der Waals surface area contributed by atoms with Crippen molar-refractivity contribution in [2.45, 2.75) is 31.8 Å². The van der Waals surface area contributed by atoms with E-state index in [9.17, 15) is 0 Å². The smallest absolute Gasteiger partial charge is 0.0312 e. The van der Waals surface area contributed by atoms with E-state index in [1.165, 1.54) is 24.8 Å². The first-order valence-electron chi connectivity index (χ1n) is 5.58. The van der Waals surface area contributed by atoms with Gasteiger partial charge in [0.1, 0.15) is 0 Å². The van der Waals surface area contributed by atoms with Gasteiger partial charge in [-0.05, 0) is 30.4 Å². The van der Waals surface area contributed by atoms with Crippen molar-refractivity contribution in [3.8, 4) is 0 Å². The molecule has 82 valence electrons. The monoisotopic (exact) mass is 224 g/mol. The highest BCUT2D eigenvalue weighted by molar-refractivity contribution is 6.18. The van der Waals surface area contributed by atoms with Crippen LogP contribution in [0.2, 0.25) is 0 Å². The molecule has 2 atom stereocenters. The standard InChI is InChI=1S/C12H17ClN2/c13-7-11-4-1-5-12(11)15-9-10-3-2-6-14-8-10/h2-3,6,8,11-12,15H,1,4-5,7,9H2. The maximum atomic E-state index is 5.93. The highest BCUT2D eigenvalue weighted by Crippen LogP contribution is 2.26. The molecule has 1 aliphatic carbocycles. The van der Waals surface area contributed by atoms with E-state index in [-0.39, 0.29) is 0 Å². The van der Waals surface area contributed by atoms with Gasteiger partial charge in [-0.2, -0.15) is 0 Å². The van der Waals surface area contributed by atoms with Crippen molar-refractivity contribution < 1.29 is 0 Å². The summed E-state index contributed by atoms with van der Waals surface area (Å²) < 4.78 is 0. The summed E-state index contributed by atoms with van der Waals surface area (Å²) in [5.41, 5.74) is 1.25.